The van der Waals surface area contributed by atoms with E-state index in [9.17, 15) is 8.42 Å². The molecule has 1 aliphatic heterocycles. The van der Waals surface area contributed by atoms with Crippen LogP contribution in [0.2, 0.25) is 0 Å². The minimum Gasteiger partial charge on any atom is -0.495 e. The van der Waals surface area contributed by atoms with Crippen molar-refractivity contribution in [1.82, 2.24) is 5.32 Å². The number of hydrogen-bond donors (Lipinski definition) is 1. The molecule has 0 bridgehead atoms. The molecule has 4 nitrogen and oxygen atoms in total. The van der Waals surface area contributed by atoms with Gasteiger partial charge in [-0.15, -0.1) is 0 Å². The van der Waals surface area contributed by atoms with Gasteiger partial charge in [0.2, 0.25) is 0 Å². The van der Waals surface area contributed by atoms with Crippen molar-refractivity contribution >= 4 is 9.84 Å². The van der Waals surface area contributed by atoms with Crippen molar-refractivity contribution in [3.05, 3.63) is 23.8 Å². The van der Waals surface area contributed by atoms with E-state index in [1.807, 2.05) is 12.1 Å². The second-order valence-electron chi connectivity index (χ2n) is 3.90. The number of rotatable bonds is 2. The minimum absolute atomic E-state index is 0.157. The topological polar surface area (TPSA) is 55.4 Å². The molecule has 1 aromatic carbocycles. The van der Waals surface area contributed by atoms with Crippen LogP contribution in [0.3, 0.4) is 0 Å². The van der Waals surface area contributed by atoms with Crippen LogP contribution in [0.5, 0.6) is 5.75 Å². The Balaban J connectivity index is 2.74. The fourth-order valence-electron chi connectivity index (χ4n) is 2.25. The summed E-state index contributed by atoms with van der Waals surface area (Å²) in [6, 6.07) is 5.17. The minimum atomic E-state index is -3.28. The first kappa shape index (κ1) is 11.4. The Hall–Kier alpha value is -1.07. The van der Waals surface area contributed by atoms with Crippen molar-refractivity contribution in [3.63, 3.8) is 0 Å². The van der Waals surface area contributed by atoms with Gasteiger partial charge in [-0.2, -0.15) is 0 Å². The fraction of sp³-hybridized carbons (Fsp3) is 0.455. The summed E-state index contributed by atoms with van der Waals surface area (Å²) in [5.74, 6) is 0.433. The lowest BCUT2D eigenvalue weighted by molar-refractivity contribution is 0.402. The molecule has 0 saturated heterocycles. The molecule has 16 heavy (non-hydrogen) atoms. The number of fused-ring (bicyclic) bond motifs is 1. The Morgan fingerprint density at radius 1 is 1.38 bits per heavy atom. The Morgan fingerprint density at radius 3 is 2.62 bits per heavy atom. The summed E-state index contributed by atoms with van der Waals surface area (Å²) in [6.07, 6.45) is 0. The quantitative estimate of drug-likeness (QED) is 0.843. The van der Waals surface area contributed by atoms with Gasteiger partial charge in [0.1, 0.15) is 10.6 Å². The summed E-state index contributed by atoms with van der Waals surface area (Å²) in [6.45, 7) is 1.72. The molecular weight excluding hydrogens is 226 g/mol. The van der Waals surface area contributed by atoms with Gasteiger partial charge >= 0.3 is 0 Å². The number of benzene rings is 1. The van der Waals surface area contributed by atoms with Crippen LogP contribution < -0.4 is 10.1 Å². The zero-order chi connectivity index (χ0) is 11.9. The van der Waals surface area contributed by atoms with E-state index < -0.39 is 15.1 Å². The second kappa shape index (κ2) is 3.75. The molecule has 5 heteroatoms. The predicted molar refractivity (Wildman–Crippen MR) is 61.4 cm³/mol. The lowest BCUT2D eigenvalue weighted by Gasteiger charge is -2.13. The molecule has 88 valence electrons. The first-order valence-electron chi connectivity index (χ1n) is 5.12. The van der Waals surface area contributed by atoms with Gasteiger partial charge in [0.25, 0.3) is 0 Å². The van der Waals surface area contributed by atoms with Gasteiger partial charge in [-0.3, -0.25) is 0 Å². The van der Waals surface area contributed by atoms with Crippen molar-refractivity contribution in [1.29, 1.82) is 0 Å². The van der Waals surface area contributed by atoms with Gasteiger partial charge in [-0.25, -0.2) is 8.42 Å². The zero-order valence-corrected chi connectivity index (χ0v) is 10.3. The third-order valence-corrected chi connectivity index (χ3v) is 5.38. The van der Waals surface area contributed by atoms with Crippen molar-refractivity contribution in [2.24, 2.45) is 0 Å². The Bertz CT molecular complexity index is 510. The molecule has 1 aliphatic rings. The molecule has 0 aromatic heterocycles. The first-order chi connectivity index (χ1) is 7.54. The van der Waals surface area contributed by atoms with Crippen LogP contribution in [0, 0.1) is 0 Å². The average Bonchev–Trinajstić information content (AvgIpc) is 2.47. The third-order valence-electron chi connectivity index (χ3n) is 3.12. The lowest BCUT2D eigenvalue weighted by atomic mass is 10.0. The maximum absolute atomic E-state index is 12.2. The number of sulfone groups is 1. The molecule has 1 heterocycles. The van der Waals surface area contributed by atoms with Gasteiger partial charge in [0.05, 0.1) is 18.4 Å². The molecule has 0 fully saturated rings. The van der Waals surface area contributed by atoms with Crippen LogP contribution in [0.25, 0.3) is 0 Å². The highest BCUT2D eigenvalue weighted by molar-refractivity contribution is 7.92. The van der Waals surface area contributed by atoms with Crippen LogP contribution in [0.4, 0.5) is 0 Å². The lowest BCUT2D eigenvalue weighted by Crippen LogP contribution is -2.26. The largest absolute Gasteiger partial charge is 0.495 e. The van der Waals surface area contributed by atoms with E-state index in [4.69, 9.17) is 4.74 Å². The van der Waals surface area contributed by atoms with E-state index in [1.54, 1.807) is 20.0 Å². The summed E-state index contributed by atoms with van der Waals surface area (Å²) in [7, 11) is -0.0181. The number of nitrogens with one attached hydrogen (secondary N) is 1. The standard InChI is InChI=1S/C11H15NO3S/c1-7-10(12-2)8-5-4-6-9(15-3)11(8)16(7,13)14/h4-7,10,12H,1-3H3. The van der Waals surface area contributed by atoms with Crippen molar-refractivity contribution < 1.29 is 13.2 Å². The van der Waals surface area contributed by atoms with Gasteiger partial charge in [0, 0.05) is 0 Å². The molecule has 2 unspecified atom stereocenters. The van der Waals surface area contributed by atoms with Crippen molar-refractivity contribution in [2.75, 3.05) is 14.2 Å². The number of methoxy groups -OCH3 is 1. The molecule has 0 aliphatic carbocycles. The predicted octanol–water partition coefficient (Wildman–Crippen LogP) is 1.13. The molecule has 0 spiro atoms. The molecule has 0 radical (unpaired) electrons. The molecule has 0 amide bonds. The van der Waals surface area contributed by atoms with Gasteiger partial charge in [-0.1, -0.05) is 12.1 Å². The monoisotopic (exact) mass is 241 g/mol. The first-order valence-corrected chi connectivity index (χ1v) is 6.66. The van der Waals surface area contributed by atoms with Gasteiger partial charge < -0.3 is 10.1 Å². The number of ether oxygens (including phenoxy) is 1. The normalized spacial score (nSPS) is 26.4. The van der Waals surface area contributed by atoms with Crippen LogP contribution in [-0.4, -0.2) is 27.8 Å². The molecule has 2 rings (SSSR count). The Labute approximate surface area is 95.5 Å². The van der Waals surface area contributed by atoms with Gasteiger partial charge in [-0.05, 0) is 25.6 Å². The maximum Gasteiger partial charge on any atom is 0.186 e. The molecule has 1 aromatic rings. The highest BCUT2D eigenvalue weighted by Gasteiger charge is 2.43. The van der Waals surface area contributed by atoms with E-state index in [0.717, 1.165) is 5.56 Å². The Morgan fingerprint density at radius 2 is 2.06 bits per heavy atom. The summed E-state index contributed by atoms with van der Waals surface area (Å²) in [5, 5.41) is 2.59. The van der Waals surface area contributed by atoms with E-state index in [0.29, 0.717) is 10.6 Å². The SMILES string of the molecule is CNC1c2cccc(OC)c2S(=O)(=O)C1C. The van der Waals surface area contributed by atoms with Crippen molar-refractivity contribution in [2.45, 2.75) is 23.1 Å². The fourth-order valence-corrected chi connectivity index (χ4v) is 4.22. The highest BCUT2D eigenvalue weighted by Crippen LogP contribution is 2.43. The van der Waals surface area contributed by atoms with E-state index >= 15 is 0 Å². The maximum atomic E-state index is 12.2. The summed E-state index contributed by atoms with van der Waals surface area (Å²) in [4.78, 5) is 0.337. The van der Waals surface area contributed by atoms with E-state index in [-0.39, 0.29) is 6.04 Å². The van der Waals surface area contributed by atoms with E-state index in [1.165, 1.54) is 7.11 Å². The smallest absolute Gasteiger partial charge is 0.186 e. The highest BCUT2D eigenvalue weighted by atomic mass is 32.2. The van der Waals surface area contributed by atoms with Crippen molar-refractivity contribution in [3.8, 4) is 5.75 Å². The second-order valence-corrected chi connectivity index (χ2v) is 6.14. The molecule has 1 N–H and O–H groups in total. The van der Waals surface area contributed by atoms with Crippen LogP contribution in [-0.2, 0) is 9.84 Å². The summed E-state index contributed by atoms with van der Waals surface area (Å²) < 4.78 is 29.6. The van der Waals surface area contributed by atoms with E-state index in [2.05, 4.69) is 5.32 Å². The van der Waals surface area contributed by atoms with Gasteiger partial charge in [0.15, 0.2) is 9.84 Å². The van der Waals surface area contributed by atoms with Crippen LogP contribution in [0.15, 0.2) is 23.1 Å². The zero-order valence-electron chi connectivity index (χ0n) is 9.52. The average molecular weight is 241 g/mol. The molecular formula is C11H15NO3S. The van der Waals surface area contributed by atoms with Crippen LogP contribution in [0.1, 0.15) is 18.5 Å². The number of hydrogen-bond acceptors (Lipinski definition) is 4. The molecule has 0 saturated carbocycles. The molecule has 2 atom stereocenters. The third kappa shape index (κ3) is 1.35. The van der Waals surface area contributed by atoms with Crippen LogP contribution >= 0.6 is 0 Å². The summed E-state index contributed by atoms with van der Waals surface area (Å²) in [5.41, 5.74) is 0.800. The Kier molecular flexibility index (Phi) is 2.67. The summed E-state index contributed by atoms with van der Waals surface area (Å²) >= 11 is 0.